The first kappa shape index (κ1) is 18.1. The van der Waals surface area contributed by atoms with Gasteiger partial charge in [0.25, 0.3) is 6.02 Å². The number of aromatic nitrogens is 2. The van der Waals surface area contributed by atoms with Crippen LogP contribution in [0, 0.1) is 11.8 Å². The number of amidine groups is 1. The maximum Gasteiger partial charge on any atom is 0.283 e. The van der Waals surface area contributed by atoms with E-state index in [1.807, 2.05) is 18.5 Å². The van der Waals surface area contributed by atoms with Crippen molar-refractivity contribution in [3.05, 3.63) is 42.5 Å². The second-order valence-corrected chi connectivity index (χ2v) is 8.98. The Labute approximate surface area is 175 Å². The van der Waals surface area contributed by atoms with Gasteiger partial charge in [0.15, 0.2) is 0 Å². The van der Waals surface area contributed by atoms with Crippen LogP contribution in [0.3, 0.4) is 0 Å². The number of nitrogens with two attached hydrogens (primary N) is 1. The monoisotopic (exact) mass is 406 g/mol. The second kappa shape index (κ2) is 6.94. The van der Waals surface area contributed by atoms with Gasteiger partial charge in [0.1, 0.15) is 30.3 Å². The second-order valence-electron chi connectivity index (χ2n) is 8.98. The molecule has 4 atom stereocenters. The van der Waals surface area contributed by atoms with Crippen LogP contribution in [0.5, 0.6) is 5.75 Å². The van der Waals surface area contributed by atoms with Crippen molar-refractivity contribution < 1.29 is 14.2 Å². The molecule has 2 N–H and O–H groups in total. The van der Waals surface area contributed by atoms with E-state index in [-0.39, 0.29) is 24.1 Å². The van der Waals surface area contributed by atoms with Crippen molar-refractivity contribution in [2.75, 3.05) is 13.2 Å². The summed E-state index contributed by atoms with van der Waals surface area (Å²) in [4.78, 5) is 13.2. The number of nitrogens with zero attached hydrogens (tertiary/aromatic N) is 3. The molecular formula is C23H26N4O3. The molecule has 2 saturated carbocycles. The van der Waals surface area contributed by atoms with Crippen molar-refractivity contribution in [1.29, 1.82) is 0 Å². The average Bonchev–Trinajstić information content (AvgIpc) is 3.54. The van der Waals surface area contributed by atoms with Crippen molar-refractivity contribution in [1.82, 2.24) is 9.97 Å². The van der Waals surface area contributed by atoms with Crippen molar-refractivity contribution in [3.63, 3.8) is 0 Å². The van der Waals surface area contributed by atoms with E-state index in [4.69, 9.17) is 24.9 Å². The van der Waals surface area contributed by atoms with Gasteiger partial charge in [-0.05, 0) is 55.7 Å². The number of hydrogen-bond donors (Lipinski definition) is 1. The molecule has 1 aromatic carbocycles. The van der Waals surface area contributed by atoms with Crippen molar-refractivity contribution in [2.24, 2.45) is 22.6 Å². The number of ether oxygens (including phenoxy) is 3. The highest BCUT2D eigenvalue weighted by molar-refractivity contribution is 5.75. The Morgan fingerprint density at radius 1 is 1.10 bits per heavy atom. The van der Waals surface area contributed by atoms with Gasteiger partial charge >= 0.3 is 0 Å². The molecule has 156 valence electrons. The number of hydrogen-bond acceptors (Lipinski definition) is 7. The Morgan fingerprint density at radius 3 is 2.73 bits per heavy atom. The molecule has 1 spiro atoms. The molecule has 3 heterocycles. The number of fused-ring (bicyclic) bond motifs is 4. The van der Waals surface area contributed by atoms with Crippen LogP contribution in [0.4, 0.5) is 0 Å². The molecule has 7 nitrogen and oxygen atoms in total. The fraction of sp³-hybridized carbons (Fsp3) is 0.522. The Kier molecular flexibility index (Phi) is 4.19. The van der Waals surface area contributed by atoms with Crippen molar-refractivity contribution >= 4 is 6.02 Å². The van der Waals surface area contributed by atoms with Gasteiger partial charge < -0.3 is 19.9 Å². The van der Waals surface area contributed by atoms with Crippen molar-refractivity contribution in [3.8, 4) is 16.9 Å². The Bertz CT molecular complexity index is 978. The highest BCUT2D eigenvalue weighted by Crippen LogP contribution is 2.53. The third-order valence-electron chi connectivity index (χ3n) is 6.98. The number of rotatable bonds is 4. The van der Waals surface area contributed by atoms with E-state index < -0.39 is 5.54 Å². The summed E-state index contributed by atoms with van der Waals surface area (Å²) < 4.78 is 18.5. The van der Waals surface area contributed by atoms with Gasteiger partial charge in [-0.25, -0.2) is 15.0 Å². The van der Waals surface area contributed by atoms with Gasteiger partial charge in [-0.2, -0.15) is 0 Å². The van der Waals surface area contributed by atoms with Gasteiger partial charge in [0, 0.05) is 36.0 Å². The molecule has 4 aliphatic rings. The summed E-state index contributed by atoms with van der Waals surface area (Å²) in [6, 6.07) is 6.49. The van der Waals surface area contributed by atoms with E-state index in [2.05, 4.69) is 22.1 Å². The quantitative estimate of drug-likeness (QED) is 0.839. The summed E-state index contributed by atoms with van der Waals surface area (Å²) in [5.41, 5.74) is 8.55. The fourth-order valence-electron chi connectivity index (χ4n) is 5.19. The third-order valence-corrected chi connectivity index (χ3v) is 6.98. The SMILES string of the molecule is NC1=N[C@]2(CO1)c1cc(-c3cncnc3)ccc1O[C@H]1CC[C@@H](OCC3CC3)CC12. The Balaban J connectivity index is 1.38. The highest BCUT2D eigenvalue weighted by atomic mass is 16.5. The van der Waals surface area contributed by atoms with Gasteiger partial charge in [-0.1, -0.05) is 6.07 Å². The topological polar surface area (TPSA) is 91.9 Å². The van der Waals surface area contributed by atoms with E-state index in [0.717, 1.165) is 54.2 Å². The molecule has 6 rings (SSSR count). The minimum Gasteiger partial charge on any atom is -0.490 e. The van der Waals surface area contributed by atoms with Gasteiger partial charge in [0.05, 0.1) is 6.10 Å². The molecule has 0 radical (unpaired) electrons. The number of benzene rings is 1. The maximum atomic E-state index is 6.48. The average molecular weight is 406 g/mol. The van der Waals surface area contributed by atoms with E-state index in [1.165, 1.54) is 19.2 Å². The van der Waals surface area contributed by atoms with E-state index in [1.54, 1.807) is 0 Å². The van der Waals surface area contributed by atoms with E-state index >= 15 is 0 Å². The summed E-state index contributed by atoms with van der Waals surface area (Å²) in [5, 5.41) is 0. The molecule has 0 amide bonds. The lowest BCUT2D eigenvalue weighted by molar-refractivity contribution is -0.0643. The minimum atomic E-state index is -0.532. The molecule has 2 aromatic rings. The zero-order valence-electron chi connectivity index (χ0n) is 16.9. The molecule has 2 aliphatic heterocycles. The smallest absolute Gasteiger partial charge is 0.283 e. The van der Waals surface area contributed by atoms with Crippen LogP contribution in [0.2, 0.25) is 0 Å². The Morgan fingerprint density at radius 2 is 1.97 bits per heavy atom. The van der Waals surface area contributed by atoms with Crippen molar-refractivity contribution in [2.45, 2.75) is 49.9 Å². The van der Waals surface area contributed by atoms with E-state index in [9.17, 15) is 0 Å². The summed E-state index contributed by atoms with van der Waals surface area (Å²) in [5.74, 6) is 1.81. The molecule has 1 aromatic heterocycles. The molecule has 2 fully saturated rings. The third kappa shape index (κ3) is 3.03. The first-order valence-corrected chi connectivity index (χ1v) is 10.9. The van der Waals surface area contributed by atoms with Crippen LogP contribution in [0.15, 0.2) is 41.9 Å². The predicted molar refractivity (Wildman–Crippen MR) is 111 cm³/mol. The standard InChI is InChI=1S/C23H26N4O3/c24-22-27-23(12-29-22)18-7-15(16-9-25-13-26-10-16)3-5-20(18)30-21-6-4-17(8-19(21)23)28-11-14-1-2-14/h3,5,7,9-10,13-14,17,19,21H,1-2,4,6,8,11-12H2,(H2,24,27)/t17-,19?,21+,23-/m1/s1. The zero-order chi connectivity index (χ0) is 20.1. The van der Waals surface area contributed by atoms with Crippen LogP contribution in [-0.2, 0) is 15.0 Å². The zero-order valence-corrected chi connectivity index (χ0v) is 16.9. The molecule has 1 unspecified atom stereocenters. The van der Waals surface area contributed by atoms with Crippen LogP contribution >= 0.6 is 0 Å². The summed E-state index contributed by atoms with van der Waals surface area (Å²) in [7, 11) is 0. The molecule has 0 bridgehead atoms. The first-order chi connectivity index (χ1) is 14.7. The number of aliphatic imine (C=N–C) groups is 1. The highest BCUT2D eigenvalue weighted by Gasteiger charge is 2.55. The lowest BCUT2D eigenvalue weighted by Crippen LogP contribution is -2.52. The fourth-order valence-corrected chi connectivity index (χ4v) is 5.19. The summed E-state index contributed by atoms with van der Waals surface area (Å²) in [6.45, 7) is 1.33. The summed E-state index contributed by atoms with van der Waals surface area (Å²) >= 11 is 0. The molecule has 0 saturated heterocycles. The van der Waals surface area contributed by atoms with Crippen LogP contribution in [0.1, 0.15) is 37.7 Å². The van der Waals surface area contributed by atoms with E-state index in [0.29, 0.717) is 6.61 Å². The van der Waals surface area contributed by atoms with Crippen LogP contribution < -0.4 is 10.5 Å². The molecular weight excluding hydrogens is 380 g/mol. The Hall–Kier alpha value is -2.67. The van der Waals surface area contributed by atoms with Crippen LogP contribution in [-0.4, -0.2) is 41.4 Å². The first-order valence-electron chi connectivity index (χ1n) is 10.9. The lowest BCUT2D eigenvalue weighted by Gasteiger charge is -2.48. The molecule has 2 aliphatic carbocycles. The van der Waals surface area contributed by atoms with Gasteiger partial charge in [-0.15, -0.1) is 0 Å². The molecule has 7 heteroatoms. The van der Waals surface area contributed by atoms with Crippen LogP contribution in [0.25, 0.3) is 11.1 Å². The molecule has 30 heavy (non-hydrogen) atoms. The normalized spacial score (nSPS) is 32.0. The maximum absolute atomic E-state index is 6.48. The lowest BCUT2D eigenvalue weighted by atomic mass is 9.67. The van der Waals surface area contributed by atoms with Gasteiger partial charge in [-0.3, -0.25) is 0 Å². The summed E-state index contributed by atoms with van der Waals surface area (Å²) in [6.07, 6.45) is 11.0. The largest absolute Gasteiger partial charge is 0.490 e. The van der Waals surface area contributed by atoms with Gasteiger partial charge in [0.2, 0.25) is 0 Å². The predicted octanol–water partition coefficient (Wildman–Crippen LogP) is 3.04. The minimum absolute atomic E-state index is 0.0995.